The van der Waals surface area contributed by atoms with Crippen LogP contribution in [0.15, 0.2) is 12.7 Å². The first-order valence-corrected chi connectivity index (χ1v) is 5.89. The zero-order valence-corrected chi connectivity index (χ0v) is 10.5. The molecule has 0 unspecified atom stereocenters. The second-order valence-corrected chi connectivity index (χ2v) is 4.27. The van der Waals surface area contributed by atoms with E-state index in [-0.39, 0.29) is 32.8 Å². The number of alkyl halides is 4. The predicted octanol–water partition coefficient (Wildman–Crippen LogP) is 0.985. The Balaban J connectivity index is 2.46. The molecular formula is C11H18F4N2O2. The van der Waals surface area contributed by atoms with E-state index >= 15 is 0 Å². The van der Waals surface area contributed by atoms with Gasteiger partial charge in [0.25, 0.3) is 0 Å². The fourth-order valence-corrected chi connectivity index (χ4v) is 1.82. The molecule has 1 aliphatic heterocycles. The third-order valence-electron chi connectivity index (χ3n) is 2.91. The lowest BCUT2D eigenvalue weighted by Crippen LogP contribution is -2.59. The van der Waals surface area contributed by atoms with Crippen LogP contribution in [0, 0.1) is 0 Å². The Bertz CT molecular complexity index is 294. The molecule has 1 saturated heterocycles. The van der Waals surface area contributed by atoms with Crippen LogP contribution in [0.4, 0.5) is 17.6 Å². The van der Waals surface area contributed by atoms with Gasteiger partial charge in [0.2, 0.25) is 0 Å². The second-order valence-electron chi connectivity index (χ2n) is 4.27. The molecule has 0 saturated carbocycles. The van der Waals surface area contributed by atoms with Crippen LogP contribution in [0.1, 0.15) is 0 Å². The number of rotatable bonds is 7. The van der Waals surface area contributed by atoms with Crippen LogP contribution in [-0.2, 0) is 4.74 Å². The van der Waals surface area contributed by atoms with E-state index in [2.05, 4.69) is 6.58 Å². The molecule has 0 radical (unpaired) electrons. The molecule has 1 fully saturated rings. The van der Waals surface area contributed by atoms with Gasteiger partial charge in [0.1, 0.15) is 13.2 Å². The molecule has 0 aliphatic carbocycles. The fraction of sp³-hybridized carbons (Fsp3) is 0.818. The number of nitrogens with zero attached hydrogens (tertiary/aromatic N) is 2. The summed E-state index contributed by atoms with van der Waals surface area (Å²) in [5.74, 6) is 0. The topological polar surface area (TPSA) is 35.9 Å². The largest absolute Gasteiger partial charge is 0.389 e. The standard InChI is InChI=1S/C11H18F4N2O2/c1-2-7-19-9-11(14,15)17-5-3-16(4-6-17)10(12,13)8-18/h2,18H,1,3-9H2. The van der Waals surface area contributed by atoms with Gasteiger partial charge in [-0.05, 0) is 0 Å². The van der Waals surface area contributed by atoms with Crippen molar-refractivity contribution in [3.05, 3.63) is 12.7 Å². The number of ether oxygens (including phenoxy) is 1. The minimum absolute atomic E-state index is 0.0120. The Morgan fingerprint density at radius 1 is 1.05 bits per heavy atom. The zero-order chi connectivity index (χ0) is 14.5. The quantitative estimate of drug-likeness (QED) is 0.328. The minimum atomic E-state index is -3.36. The van der Waals surface area contributed by atoms with Crippen LogP contribution in [-0.4, -0.2) is 73.0 Å². The van der Waals surface area contributed by atoms with Gasteiger partial charge in [0, 0.05) is 26.2 Å². The maximum atomic E-state index is 13.6. The highest BCUT2D eigenvalue weighted by Gasteiger charge is 2.44. The molecule has 1 heterocycles. The number of aliphatic hydroxyl groups excluding tert-OH is 1. The summed E-state index contributed by atoms with van der Waals surface area (Å²) in [6.07, 6.45) is 1.36. The first kappa shape index (κ1) is 16.4. The number of piperazine rings is 1. The summed E-state index contributed by atoms with van der Waals surface area (Å²) in [5, 5.41) is 8.53. The third-order valence-corrected chi connectivity index (χ3v) is 2.91. The van der Waals surface area contributed by atoms with Crippen molar-refractivity contribution in [2.45, 2.75) is 12.1 Å². The average Bonchev–Trinajstić information content (AvgIpc) is 2.39. The highest BCUT2D eigenvalue weighted by Crippen LogP contribution is 2.26. The Morgan fingerprint density at radius 2 is 1.53 bits per heavy atom. The molecule has 19 heavy (non-hydrogen) atoms. The van der Waals surface area contributed by atoms with Gasteiger partial charge >= 0.3 is 12.1 Å². The van der Waals surface area contributed by atoms with Gasteiger partial charge in [0.05, 0.1) is 6.61 Å². The predicted molar refractivity (Wildman–Crippen MR) is 61.1 cm³/mol. The lowest BCUT2D eigenvalue weighted by Gasteiger charge is -2.40. The van der Waals surface area contributed by atoms with Crippen molar-refractivity contribution < 1.29 is 27.4 Å². The van der Waals surface area contributed by atoms with E-state index in [1.807, 2.05) is 0 Å². The summed E-state index contributed by atoms with van der Waals surface area (Å²) in [6.45, 7) is 0.364. The molecule has 4 nitrogen and oxygen atoms in total. The van der Waals surface area contributed by atoms with Crippen LogP contribution in [0.5, 0.6) is 0 Å². The summed E-state index contributed by atoms with van der Waals surface area (Å²) in [5.41, 5.74) is 0. The molecule has 0 spiro atoms. The van der Waals surface area contributed by atoms with Crippen molar-refractivity contribution in [2.75, 3.05) is 46.0 Å². The van der Waals surface area contributed by atoms with Crippen molar-refractivity contribution in [3.63, 3.8) is 0 Å². The second kappa shape index (κ2) is 6.65. The minimum Gasteiger partial charge on any atom is -0.389 e. The molecule has 112 valence electrons. The molecule has 0 bridgehead atoms. The average molecular weight is 286 g/mol. The molecule has 0 aromatic heterocycles. The number of halogens is 4. The summed E-state index contributed by atoms with van der Waals surface area (Å²) in [6, 6.07) is -6.55. The van der Waals surface area contributed by atoms with Gasteiger partial charge < -0.3 is 9.84 Å². The van der Waals surface area contributed by atoms with Crippen molar-refractivity contribution in [1.82, 2.24) is 9.80 Å². The van der Waals surface area contributed by atoms with Gasteiger partial charge in [-0.1, -0.05) is 6.08 Å². The van der Waals surface area contributed by atoms with E-state index in [0.717, 1.165) is 4.90 Å². The lowest BCUT2D eigenvalue weighted by atomic mass is 10.3. The number of aliphatic hydroxyl groups is 1. The molecule has 0 amide bonds. The Hall–Kier alpha value is -0.700. The molecule has 1 aliphatic rings. The fourth-order valence-electron chi connectivity index (χ4n) is 1.82. The first-order valence-electron chi connectivity index (χ1n) is 5.89. The van der Waals surface area contributed by atoms with Gasteiger partial charge in [-0.3, -0.25) is 0 Å². The van der Waals surface area contributed by atoms with E-state index in [4.69, 9.17) is 9.84 Å². The van der Waals surface area contributed by atoms with Crippen molar-refractivity contribution in [2.24, 2.45) is 0 Å². The third kappa shape index (κ3) is 4.41. The molecular weight excluding hydrogens is 268 g/mol. The van der Waals surface area contributed by atoms with Crippen molar-refractivity contribution in [1.29, 1.82) is 0 Å². The van der Waals surface area contributed by atoms with Crippen LogP contribution >= 0.6 is 0 Å². The smallest absolute Gasteiger partial charge is 0.328 e. The molecule has 0 aromatic rings. The normalized spacial score (nSPS) is 19.6. The molecule has 0 atom stereocenters. The van der Waals surface area contributed by atoms with Crippen molar-refractivity contribution in [3.8, 4) is 0 Å². The highest BCUT2D eigenvalue weighted by atomic mass is 19.3. The lowest BCUT2D eigenvalue weighted by molar-refractivity contribution is -0.225. The van der Waals surface area contributed by atoms with Gasteiger partial charge in [0.15, 0.2) is 0 Å². The maximum absolute atomic E-state index is 13.6. The highest BCUT2D eigenvalue weighted by molar-refractivity contribution is 4.81. The Morgan fingerprint density at radius 3 is 1.95 bits per heavy atom. The van der Waals surface area contributed by atoms with Gasteiger partial charge in [-0.15, -0.1) is 6.58 Å². The molecule has 1 rings (SSSR count). The molecule has 8 heteroatoms. The van der Waals surface area contributed by atoms with E-state index in [9.17, 15) is 17.6 Å². The maximum Gasteiger partial charge on any atom is 0.328 e. The van der Waals surface area contributed by atoms with E-state index in [1.54, 1.807) is 0 Å². The summed E-state index contributed by atoms with van der Waals surface area (Å²) >= 11 is 0. The van der Waals surface area contributed by atoms with Crippen LogP contribution in [0.3, 0.4) is 0 Å². The SMILES string of the molecule is C=CCOCC(F)(F)N1CCN(C(F)(F)CO)CC1. The Labute approximate surface area is 109 Å². The van der Waals surface area contributed by atoms with E-state index < -0.39 is 25.3 Å². The zero-order valence-electron chi connectivity index (χ0n) is 10.5. The summed E-state index contributed by atoms with van der Waals surface area (Å²) in [7, 11) is 0. The van der Waals surface area contributed by atoms with Crippen LogP contribution in [0.2, 0.25) is 0 Å². The molecule has 1 N–H and O–H groups in total. The van der Waals surface area contributed by atoms with Gasteiger partial charge in [-0.25, -0.2) is 9.80 Å². The van der Waals surface area contributed by atoms with Crippen LogP contribution in [0.25, 0.3) is 0 Å². The van der Waals surface area contributed by atoms with Crippen molar-refractivity contribution >= 4 is 0 Å². The first-order chi connectivity index (χ1) is 8.83. The molecule has 0 aromatic carbocycles. The monoisotopic (exact) mass is 286 g/mol. The van der Waals surface area contributed by atoms with E-state index in [1.165, 1.54) is 6.08 Å². The number of hydrogen-bond donors (Lipinski definition) is 1. The Kier molecular flexibility index (Phi) is 5.72. The summed E-state index contributed by atoms with van der Waals surface area (Å²) < 4.78 is 58.3. The van der Waals surface area contributed by atoms with Crippen LogP contribution < -0.4 is 0 Å². The van der Waals surface area contributed by atoms with E-state index in [0.29, 0.717) is 4.90 Å². The summed E-state index contributed by atoms with van der Waals surface area (Å²) in [4.78, 5) is 1.50. The number of hydrogen-bond acceptors (Lipinski definition) is 4. The van der Waals surface area contributed by atoms with Gasteiger partial charge in [-0.2, -0.15) is 17.6 Å².